The average molecular weight is 593 g/mol. The second kappa shape index (κ2) is 14.8. The van der Waals surface area contributed by atoms with Gasteiger partial charge >= 0.3 is 5.97 Å². The van der Waals surface area contributed by atoms with E-state index in [1.807, 2.05) is 66.8 Å². The lowest BCUT2D eigenvalue weighted by molar-refractivity contribution is -0.139. The fraction of sp³-hybridized carbons (Fsp3) is 0.452. The smallest absolute Gasteiger partial charge is 0.320 e. The number of nitrogens with zero attached hydrogens (tertiary/aromatic N) is 4. The summed E-state index contributed by atoms with van der Waals surface area (Å²) in [5.74, 6) is 0.0610. The number of anilines is 1. The molecule has 10 nitrogen and oxygen atoms in total. The van der Waals surface area contributed by atoms with E-state index < -0.39 is 12.0 Å². The summed E-state index contributed by atoms with van der Waals surface area (Å²) < 4.78 is 2.01. The minimum absolute atomic E-state index is 0.0208. The molecule has 3 heterocycles. The highest BCUT2D eigenvalue weighted by Gasteiger charge is 2.27. The van der Waals surface area contributed by atoms with Crippen LogP contribution in [0.25, 0.3) is 0 Å². The molecular formula is C31H40N6O4S. The molecule has 2 atom stereocenters. The van der Waals surface area contributed by atoms with E-state index in [1.165, 1.54) is 11.3 Å². The lowest BCUT2D eigenvalue weighted by atomic mass is 9.97. The summed E-state index contributed by atoms with van der Waals surface area (Å²) in [4.78, 5) is 42.8. The highest BCUT2D eigenvalue weighted by atomic mass is 32.1. The van der Waals surface area contributed by atoms with Gasteiger partial charge in [-0.3, -0.25) is 14.4 Å². The molecule has 1 aliphatic rings. The normalized spacial score (nSPS) is 13.8. The zero-order valence-corrected chi connectivity index (χ0v) is 25.7. The molecule has 1 unspecified atom stereocenters. The van der Waals surface area contributed by atoms with Crippen LogP contribution in [0.3, 0.4) is 0 Å². The number of aliphatic carboxylic acids is 1. The predicted octanol–water partition coefficient (Wildman–Crippen LogP) is 4.59. The van der Waals surface area contributed by atoms with E-state index in [0.717, 1.165) is 27.5 Å². The third kappa shape index (κ3) is 8.50. The molecule has 0 saturated heterocycles. The highest BCUT2D eigenvalue weighted by Crippen LogP contribution is 2.37. The van der Waals surface area contributed by atoms with E-state index in [9.17, 15) is 19.6 Å². The van der Waals surface area contributed by atoms with Crippen molar-refractivity contribution in [1.82, 2.24) is 14.5 Å². The van der Waals surface area contributed by atoms with Crippen molar-refractivity contribution in [3.8, 4) is 6.07 Å². The van der Waals surface area contributed by atoms with Gasteiger partial charge in [0, 0.05) is 37.0 Å². The molecule has 0 spiro atoms. The number of fused-ring (bicyclic) bond motifs is 1. The molecule has 0 radical (unpaired) electrons. The number of aryl methyl sites for hydroxylation is 3. The first kappa shape index (κ1) is 32.5. The van der Waals surface area contributed by atoms with Crippen LogP contribution in [0.5, 0.6) is 0 Å². The molecule has 0 aliphatic carbocycles. The van der Waals surface area contributed by atoms with E-state index in [0.29, 0.717) is 49.5 Å². The molecule has 2 amide bonds. The fourth-order valence-electron chi connectivity index (χ4n) is 4.73. The largest absolute Gasteiger partial charge is 0.480 e. The van der Waals surface area contributed by atoms with Gasteiger partial charge in [0.15, 0.2) is 0 Å². The Morgan fingerprint density at radius 2 is 1.88 bits per heavy atom. The first-order valence-corrected chi connectivity index (χ1v) is 14.9. The summed E-state index contributed by atoms with van der Waals surface area (Å²) in [5, 5.41) is 21.5. The number of hydrogen-bond acceptors (Lipinski definition) is 7. The molecule has 0 fully saturated rings. The van der Waals surface area contributed by atoms with Crippen molar-refractivity contribution in [2.75, 3.05) is 11.9 Å². The number of benzene rings is 1. The molecule has 1 aromatic carbocycles. The molecule has 0 saturated carbocycles. The topological polar surface area (TPSA) is 154 Å². The van der Waals surface area contributed by atoms with Crippen LogP contribution < -0.4 is 11.1 Å². The predicted molar refractivity (Wildman–Crippen MR) is 163 cm³/mol. The van der Waals surface area contributed by atoms with Gasteiger partial charge in [0.2, 0.25) is 11.8 Å². The summed E-state index contributed by atoms with van der Waals surface area (Å²) in [6.45, 7) is 11.1. The van der Waals surface area contributed by atoms with Crippen LogP contribution in [0.15, 0.2) is 36.5 Å². The Kier molecular flexibility index (Phi) is 11.4. The quantitative estimate of drug-likeness (QED) is 0.328. The second-order valence-corrected chi connectivity index (χ2v) is 12.0. The SMILES string of the molecule is CC(C)[C@H](N)C(=O)O.Cc1cn(CCC(=O)N2CCc3c(sc(NC(=O)CC(C)c4ccccc4)c3C#N)C2)c(C)n1. The number of amides is 2. The number of carbonyl (C=O) groups is 3. The number of hydrogen-bond donors (Lipinski definition) is 3. The van der Waals surface area contributed by atoms with E-state index in [1.54, 1.807) is 13.8 Å². The van der Waals surface area contributed by atoms with Gasteiger partial charge in [-0.2, -0.15) is 5.26 Å². The van der Waals surface area contributed by atoms with Crippen LogP contribution in [0.2, 0.25) is 0 Å². The minimum Gasteiger partial charge on any atom is -0.480 e. The molecule has 224 valence electrons. The Morgan fingerprint density at radius 1 is 1.19 bits per heavy atom. The van der Waals surface area contributed by atoms with Crippen molar-refractivity contribution < 1.29 is 19.5 Å². The van der Waals surface area contributed by atoms with E-state index in [-0.39, 0.29) is 23.7 Å². The van der Waals surface area contributed by atoms with Crippen LogP contribution in [0.1, 0.15) is 72.6 Å². The summed E-state index contributed by atoms with van der Waals surface area (Å²) >= 11 is 1.42. The van der Waals surface area contributed by atoms with E-state index >= 15 is 0 Å². The maximum absolute atomic E-state index is 12.9. The molecule has 4 N–H and O–H groups in total. The number of carboxylic acid groups (broad SMARTS) is 1. The molecular weight excluding hydrogens is 552 g/mol. The molecule has 2 aromatic heterocycles. The first-order chi connectivity index (χ1) is 19.9. The number of carbonyl (C=O) groups excluding carboxylic acids is 2. The number of aromatic nitrogens is 2. The first-order valence-electron chi connectivity index (χ1n) is 14.1. The number of thiophene rings is 1. The Balaban J connectivity index is 0.000000531. The van der Waals surface area contributed by atoms with Gasteiger partial charge in [0.25, 0.3) is 0 Å². The molecule has 4 rings (SSSR count). The van der Waals surface area contributed by atoms with Gasteiger partial charge < -0.3 is 25.6 Å². The number of nitriles is 1. The lowest BCUT2D eigenvalue weighted by Crippen LogP contribution is -2.35. The number of nitrogens with one attached hydrogen (secondary N) is 1. The maximum atomic E-state index is 12.9. The second-order valence-electron chi connectivity index (χ2n) is 10.9. The van der Waals surface area contributed by atoms with Crippen LogP contribution >= 0.6 is 11.3 Å². The van der Waals surface area contributed by atoms with Crippen molar-refractivity contribution in [1.29, 1.82) is 5.26 Å². The standard InChI is InChI=1S/C26H29N5O2S.C5H11NO2/c1-17(20-7-5-4-6-8-20)13-24(32)29-26-22(14-27)21-9-11-31(16-23(21)34-26)25(33)10-12-30-15-18(2)28-19(30)3;1-3(2)4(6)5(7)8/h4-8,15,17H,9-13,16H2,1-3H3,(H,29,32);3-4H,6H2,1-2H3,(H,7,8)/t;4-/m.0/s1. The third-order valence-corrected chi connectivity index (χ3v) is 8.43. The summed E-state index contributed by atoms with van der Waals surface area (Å²) in [5.41, 5.74) is 8.72. The summed E-state index contributed by atoms with van der Waals surface area (Å²) in [6, 6.07) is 11.5. The molecule has 3 aromatic rings. The van der Waals surface area contributed by atoms with Crippen molar-refractivity contribution in [3.63, 3.8) is 0 Å². The van der Waals surface area contributed by atoms with Gasteiger partial charge in [-0.15, -0.1) is 11.3 Å². The van der Waals surface area contributed by atoms with Gasteiger partial charge in [0.1, 0.15) is 22.9 Å². The van der Waals surface area contributed by atoms with Crippen molar-refractivity contribution in [2.45, 2.75) is 78.9 Å². The Bertz CT molecular complexity index is 1440. The maximum Gasteiger partial charge on any atom is 0.320 e. The van der Waals surface area contributed by atoms with Crippen molar-refractivity contribution >= 4 is 34.1 Å². The number of carboxylic acids is 1. The molecule has 1 aliphatic heterocycles. The van der Waals surface area contributed by atoms with Crippen molar-refractivity contribution in [2.24, 2.45) is 11.7 Å². The highest BCUT2D eigenvalue weighted by molar-refractivity contribution is 7.16. The van der Waals surface area contributed by atoms with Gasteiger partial charge in [0.05, 0.1) is 17.8 Å². The third-order valence-electron chi connectivity index (χ3n) is 7.30. The van der Waals surface area contributed by atoms with Crippen LogP contribution in [0, 0.1) is 31.1 Å². The fourth-order valence-corrected chi connectivity index (χ4v) is 5.96. The Morgan fingerprint density at radius 3 is 2.43 bits per heavy atom. The summed E-state index contributed by atoms with van der Waals surface area (Å²) in [6.07, 6.45) is 3.33. The Hall–Kier alpha value is -4.01. The lowest BCUT2D eigenvalue weighted by Gasteiger charge is -2.27. The minimum atomic E-state index is -0.931. The number of rotatable bonds is 9. The molecule has 42 heavy (non-hydrogen) atoms. The molecule has 0 bridgehead atoms. The molecule has 11 heteroatoms. The average Bonchev–Trinajstić information content (AvgIpc) is 3.47. The van der Waals surface area contributed by atoms with Gasteiger partial charge in [-0.05, 0) is 43.2 Å². The monoisotopic (exact) mass is 592 g/mol. The van der Waals surface area contributed by atoms with E-state index in [2.05, 4.69) is 16.4 Å². The van der Waals surface area contributed by atoms with Crippen LogP contribution in [-0.4, -0.2) is 49.9 Å². The van der Waals surface area contributed by atoms with Gasteiger partial charge in [-0.1, -0.05) is 51.1 Å². The van der Waals surface area contributed by atoms with Crippen molar-refractivity contribution in [3.05, 3.63) is 69.6 Å². The van der Waals surface area contributed by atoms with Crippen LogP contribution in [-0.2, 0) is 33.9 Å². The van der Waals surface area contributed by atoms with Crippen LogP contribution in [0.4, 0.5) is 5.00 Å². The van der Waals surface area contributed by atoms with Gasteiger partial charge in [-0.25, -0.2) is 4.98 Å². The Labute approximate surface area is 251 Å². The number of nitrogens with two attached hydrogens (primary N) is 1. The van der Waals surface area contributed by atoms with E-state index in [4.69, 9.17) is 10.8 Å². The zero-order valence-electron chi connectivity index (χ0n) is 24.9. The zero-order chi connectivity index (χ0) is 31.0. The number of imidazole rings is 1. The summed E-state index contributed by atoms with van der Waals surface area (Å²) in [7, 11) is 0.